The molecule has 3 N–H and O–H groups in total. The number of anilines is 1. The van der Waals surface area contributed by atoms with Crippen LogP contribution in [0, 0.1) is 6.92 Å². The molecule has 0 spiro atoms. The average molecular weight is 240 g/mol. The van der Waals surface area contributed by atoms with Gasteiger partial charge in [-0.2, -0.15) is 0 Å². The number of aromatic nitrogens is 2. The lowest BCUT2D eigenvalue weighted by atomic mass is 10.0. The number of aryl methyl sites for hydroxylation is 2. The number of hydrogen-bond donors (Lipinski definition) is 2. The molecule has 92 valence electrons. The van der Waals surface area contributed by atoms with E-state index in [2.05, 4.69) is 39.7 Å². The van der Waals surface area contributed by atoms with Gasteiger partial charge < -0.3 is 5.43 Å². The van der Waals surface area contributed by atoms with Gasteiger partial charge in [-0.15, -0.1) is 0 Å². The second kappa shape index (κ2) is 4.38. The standard InChI is InChI=1S/C14H16N4/c1-9-8-13(18-15)17-14(16-9)12-7-6-10-4-2-3-5-11(10)12/h2-5,8,12H,6-7,15H2,1H3,(H,16,17,18). The molecule has 0 fully saturated rings. The Morgan fingerprint density at radius 2 is 2.11 bits per heavy atom. The van der Waals surface area contributed by atoms with Crippen LogP contribution in [0.4, 0.5) is 5.82 Å². The highest BCUT2D eigenvalue weighted by molar-refractivity contribution is 5.41. The molecule has 0 saturated carbocycles. The minimum Gasteiger partial charge on any atom is -0.308 e. The van der Waals surface area contributed by atoms with Crippen molar-refractivity contribution in [2.24, 2.45) is 5.84 Å². The lowest BCUT2D eigenvalue weighted by Crippen LogP contribution is -2.12. The maximum Gasteiger partial charge on any atom is 0.143 e. The number of nitrogens with zero attached hydrogens (tertiary/aromatic N) is 2. The van der Waals surface area contributed by atoms with Crippen LogP contribution in [-0.2, 0) is 6.42 Å². The maximum atomic E-state index is 5.44. The molecule has 0 bridgehead atoms. The fourth-order valence-corrected chi connectivity index (χ4v) is 2.65. The monoisotopic (exact) mass is 240 g/mol. The van der Waals surface area contributed by atoms with Crippen LogP contribution in [0.1, 0.15) is 35.0 Å². The Hall–Kier alpha value is -1.94. The summed E-state index contributed by atoms with van der Waals surface area (Å²) < 4.78 is 0. The first-order valence-corrected chi connectivity index (χ1v) is 6.18. The summed E-state index contributed by atoms with van der Waals surface area (Å²) in [5.74, 6) is 7.29. The van der Waals surface area contributed by atoms with Crippen molar-refractivity contribution in [1.82, 2.24) is 9.97 Å². The summed E-state index contributed by atoms with van der Waals surface area (Å²) >= 11 is 0. The van der Waals surface area contributed by atoms with E-state index in [-0.39, 0.29) is 0 Å². The Labute approximate surface area is 106 Å². The first-order chi connectivity index (χ1) is 8.78. The topological polar surface area (TPSA) is 63.8 Å². The number of nitrogen functional groups attached to an aromatic ring is 1. The van der Waals surface area contributed by atoms with Crippen LogP contribution in [0.15, 0.2) is 30.3 Å². The van der Waals surface area contributed by atoms with E-state index in [4.69, 9.17) is 5.84 Å². The molecule has 1 aliphatic rings. The number of fused-ring (bicyclic) bond motifs is 1. The molecule has 1 unspecified atom stereocenters. The molecule has 1 aliphatic carbocycles. The first-order valence-electron chi connectivity index (χ1n) is 6.18. The summed E-state index contributed by atoms with van der Waals surface area (Å²) in [5.41, 5.74) is 6.31. The normalized spacial score (nSPS) is 17.6. The van der Waals surface area contributed by atoms with Crippen molar-refractivity contribution in [2.45, 2.75) is 25.7 Å². The van der Waals surface area contributed by atoms with Gasteiger partial charge in [0.15, 0.2) is 0 Å². The van der Waals surface area contributed by atoms with Gasteiger partial charge in [0.2, 0.25) is 0 Å². The highest BCUT2D eigenvalue weighted by Gasteiger charge is 2.26. The smallest absolute Gasteiger partial charge is 0.143 e. The summed E-state index contributed by atoms with van der Waals surface area (Å²) in [6.07, 6.45) is 2.18. The van der Waals surface area contributed by atoms with Gasteiger partial charge in [-0.05, 0) is 30.9 Å². The Morgan fingerprint density at radius 3 is 2.94 bits per heavy atom. The van der Waals surface area contributed by atoms with E-state index in [0.29, 0.717) is 11.7 Å². The molecular weight excluding hydrogens is 224 g/mol. The van der Waals surface area contributed by atoms with E-state index >= 15 is 0 Å². The van der Waals surface area contributed by atoms with Crippen LogP contribution in [-0.4, -0.2) is 9.97 Å². The SMILES string of the molecule is Cc1cc(NN)nc(C2CCc3ccccc32)n1. The highest BCUT2D eigenvalue weighted by atomic mass is 15.3. The largest absolute Gasteiger partial charge is 0.308 e. The molecule has 0 aliphatic heterocycles. The number of nitrogens with one attached hydrogen (secondary N) is 1. The molecule has 1 heterocycles. The minimum absolute atomic E-state index is 0.299. The fourth-order valence-electron chi connectivity index (χ4n) is 2.65. The third-order valence-corrected chi connectivity index (χ3v) is 3.46. The van der Waals surface area contributed by atoms with E-state index in [1.54, 1.807) is 0 Å². The van der Waals surface area contributed by atoms with Crippen LogP contribution in [0.5, 0.6) is 0 Å². The number of hydrazine groups is 1. The lowest BCUT2D eigenvalue weighted by Gasteiger charge is -2.12. The fraction of sp³-hybridized carbons (Fsp3) is 0.286. The van der Waals surface area contributed by atoms with Crippen LogP contribution < -0.4 is 11.3 Å². The molecular formula is C14H16N4. The van der Waals surface area contributed by atoms with Crippen LogP contribution in [0.2, 0.25) is 0 Å². The molecule has 2 aromatic rings. The predicted molar refractivity (Wildman–Crippen MR) is 71.2 cm³/mol. The van der Waals surface area contributed by atoms with Crippen molar-refractivity contribution < 1.29 is 0 Å². The van der Waals surface area contributed by atoms with Crippen LogP contribution >= 0.6 is 0 Å². The molecule has 0 saturated heterocycles. The van der Waals surface area contributed by atoms with Crippen molar-refractivity contribution in [3.63, 3.8) is 0 Å². The van der Waals surface area contributed by atoms with Gasteiger partial charge in [0.25, 0.3) is 0 Å². The summed E-state index contributed by atoms with van der Waals surface area (Å²) in [5, 5.41) is 0. The Morgan fingerprint density at radius 1 is 1.28 bits per heavy atom. The van der Waals surface area contributed by atoms with Crippen molar-refractivity contribution in [3.05, 3.63) is 53.0 Å². The van der Waals surface area contributed by atoms with E-state index in [0.717, 1.165) is 24.4 Å². The van der Waals surface area contributed by atoms with Gasteiger partial charge >= 0.3 is 0 Å². The zero-order valence-corrected chi connectivity index (χ0v) is 10.4. The van der Waals surface area contributed by atoms with E-state index in [1.807, 2.05) is 13.0 Å². The van der Waals surface area contributed by atoms with Gasteiger partial charge in [0.1, 0.15) is 11.6 Å². The van der Waals surface area contributed by atoms with E-state index in [1.165, 1.54) is 11.1 Å². The third-order valence-electron chi connectivity index (χ3n) is 3.46. The van der Waals surface area contributed by atoms with E-state index < -0.39 is 0 Å². The van der Waals surface area contributed by atoms with Crippen LogP contribution in [0.3, 0.4) is 0 Å². The van der Waals surface area contributed by atoms with Crippen molar-refractivity contribution in [2.75, 3.05) is 5.43 Å². The molecule has 4 nitrogen and oxygen atoms in total. The maximum absolute atomic E-state index is 5.44. The summed E-state index contributed by atoms with van der Waals surface area (Å²) in [4.78, 5) is 9.04. The first kappa shape index (κ1) is 11.2. The predicted octanol–water partition coefficient (Wildman–Crippen LogP) is 2.15. The van der Waals surface area contributed by atoms with Crippen molar-refractivity contribution in [1.29, 1.82) is 0 Å². The minimum atomic E-state index is 0.299. The van der Waals surface area contributed by atoms with Crippen molar-refractivity contribution in [3.8, 4) is 0 Å². The Bertz CT molecular complexity index is 580. The van der Waals surface area contributed by atoms with Gasteiger partial charge in [-0.1, -0.05) is 24.3 Å². The number of nitrogens with two attached hydrogens (primary N) is 1. The molecule has 4 heteroatoms. The zero-order valence-electron chi connectivity index (χ0n) is 10.4. The highest BCUT2D eigenvalue weighted by Crippen LogP contribution is 2.36. The number of benzene rings is 1. The molecule has 18 heavy (non-hydrogen) atoms. The lowest BCUT2D eigenvalue weighted by molar-refractivity contribution is 0.724. The molecule has 1 atom stereocenters. The van der Waals surface area contributed by atoms with Crippen molar-refractivity contribution >= 4 is 5.82 Å². The molecule has 0 radical (unpaired) electrons. The third kappa shape index (κ3) is 1.84. The van der Waals surface area contributed by atoms with Gasteiger partial charge in [0, 0.05) is 17.7 Å². The second-order valence-corrected chi connectivity index (χ2v) is 4.69. The Balaban J connectivity index is 2.04. The van der Waals surface area contributed by atoms with Gasteiger partial charge in [-0.25, -0.2) is 15.8 Å². The summed E-state index contributed by atoms with van der Waals surface area (Å²) in [7, 11) is 0. The second-order valence-electron chi connectivity index (χ2n) is 4.69. The van der Waals surface area contributed by atoms with E-state index in [9.17, 15) is 0 Å². The zero-order chi connectivity index (χ0) is 12.5. The summed E-state index contributed by atoms with van der Waals surface area (Å²) in [6.45, 7) is 1.97. The Kier molecular flexibility index (Phi) is 2.72. The van der Waals surface area contributed by atoms with Crippen LogP contribution in [0.25, 0.3) is 0 Å². The molecule has 3 rings (SSSR count). The number of rotatable bonds is 2. The van der Waals surface area contributed by atoms with Gasteiger partial charge in [0.05, 0.1) is 0 Å². The molecule has 0 amide bonds. The van der Waals surface area contributed by atoms with Gasteiger partial charge in [-0.3, -0.25) is 0 Å². The quantitative estimate of drug-likeness (QED) is 0.623. The number of hydrogen-bond acceptors (Lipinski definition) is 4. The molecule has 1 aromatic heterocycles. The molecule has 1 aromatic carbocycles. The average Bonchev–Trinajstić information content (AvgIpc) is 2.81. The summed E-state index contributed by atoms with van der Waals surface area (Å²) in [6, 6.07) is 10.4.